The quantitative estimate of drug-likeness (QED) is 0.583. The van der Waals surface area contributed by atoms with Crippen LogP contribution in [0.4, 0.5) is 0 Å². The topological polar surface area (TPSA) is 41.6 Å². The van der Waals surface area contributed by atoms with E-state index in [1.54, 1.807) is 12.1 Å². The molecule has 0 spiro atoms. The van der Waals surface area contributed by atoms with E-state index < -0.39 is 0 Å². The average Bonchev–Trinajstić information content (AvgIpc) is 2.84. The molecular formula is C15H8BrCl2N3. The van der Waals surface area contributed by atoms with E-state index in [1.807, 2.05) is 28.8 Å². The van der Waals surface area contributed by atoms with Gasteiger partial charge in [0, 0.05) is 4.47 Å². The van der Waals surface area contributed by atoms with Gasteiger partial charge in [0.15, 0.2) is 0 Å². The van der Waals surface area contributed by atoms with Crippen LogP contribution in [0.1, 0.15) is 11.4 Å². The number of benzene rings is 2. The summed E-state index contributed by atoms with van der Waals surface area (Å²) in [6.45, 7) is 0. The lowest BCUT2D eigenvalue weighted by Crippen LogP contribution is -2.00. The second kappa shape index (κ2) is 5.69. The van der Waals surface area contributed by atoms with Gasteiger partial charge in [-0.25, -0.2) is 4.98 Å². The lowest BCUT2D eigenvalue weighted by atomic mass is 10.2. The second-order valence-corrected chi connectivity index (χ2v) is 6.00. The summed E-state index contributed by atoms with van der Waals surface area (Å²) in [5.41, 5.74) is 2.95. The maximum absolute atomic E-state index is 9.08. The predicted molar refractivity (Wildman–Crippen MR) is 88.1 cm³/mol. The Bertz CT molecular complexity index is 880. The van der Waals surface area contributed by atoms with E-state index >= 15 is 0 Å². The van der Waals surface area contributed by atoms with Crippen LogP contribution in [0.15, 0.2) is 40.9 Å². The summed E-state index contributed by atoms with van der Waals surface area (Å²) in [4.78, 5) is 4.50. The number of imidazole rings is 1. The van der Waals surface area contributed by atoms with Crippen LogP contribution in [0, 0.1) is 11.3 Å². The third-order valence-corrected chi connectivity index (χ3v) is 4.16. The Morgan fingerprint density at radius 3 is 2.71 bits per heavy atom. The molecule has 3 nitrogen and oxygen atoms in total. The molecule has 2 aromatic carbocycles. The Balaban J connectivity index is 2.36. The van der Waals surface area contributed by atoms with Gasteiger partial charge in [-0.05, 0) is 36.4 Å². The van der Waals surface area contributed by atoms with Crippen molar-refractivity contribution in [3.8, 4) is 11.8 Å². The van der Waals surface area contributed by atoms with Crippen LogP contribution in [0.2, 0.25) is 5.02 Å². The lowest BCUT2D eigenvalue weighted by Gasteiger charge is -2.10. The van der Waals surface area contributed by atoms with Crippen molar-refractivity contribution in [1.82, 2.24) is 9.55 Å². The van der Waals surface area contributed by atoms with Crippen molar-refractivity contribution >= 4 is 50.2 Å². The number of nitriles is 1. The Morgan fingerprint density at radius 2 is 2.05 bits per heavy atom. The lowest BCUT2D eigenvalue weighted by molar-refractivity contribution is 0.981. The number of hydrogen-bond donors (Lipinski definition) is 0. The Hall–Kier alpha value is -1.54. The van der Waals surface area contributed by atoms with Crippen molar-refractivity contribution in [2.24, 2.45) is 0 Å². The smallest absolute Gasteiger partial charge is 0.129 e. The standard InChI is InChI=1S/C15H8BrCl2N3/c16-10-2-4-13(11(18)6-10)21-14-5-9(8-19)1-3-12(14)20-15(21)7-17/h1-6H,7H2. The number of fused-ring (bicyclic) bond motifs is 1. The van der Waals surface area contributed by atoms with Crippen LogP contribution in [0.3, 0.4) is 0 Å². The van der Waals surface area contributed by atoms with E-state index in [0.717, 1.165) is 21.2 Å². The molecule has 0 unspecified atom stereocenters. The largest absolute Gasteiger partial charge is 0.294 e. The molecule has 3 aromatic rings. The van der Waals surface area contributed by atoms with Gasteiger partial charge in [-0.2, -0.15) is 5.26 Å². The first-order valence-corrected chi connectivity index (χ1v) is 7.77. The molecule has 104 valence electrons. The van der Waals surface area contributed by atoms with Crippen molar-refractivity contribution in [3.63, 3.8) is 0 Å². The minimum absolute atomic E-state index is 0.253. The van der Waals surface area contributed by atoms with Crippen LogP contribution >= 0.6 is 39.1 Å². The summed E-state index contributed by atoms with van der Waals surface area (Å²) in [5, 5.41) is 9.66. The normalized spacial score (nSPS) is 10.8. The summed E-state index contributed by atoms with van der Waals surface area (Å²) in [5.74, 6) is 0.939. The average molecular weight is 381 g/mol. The van der Waals surface area contributed by atoms with E-state index in [0.29, 0.717) is 16.4 Å². The van der Waals surface area contributed by atoms with Gasteiger partial charge in [-0.15, -0.1) is 11.6 Å². The molecule has 0 aliphatic rings. The van der Waals surface area contributed by atoms with Gasteiger partial charge >= 0.3 is 0 Å². The monoisotopic (exact) mass is 379 g/mol. The number of hydrogen-bond acceptors (Lipinski definition) is 2. The minimum atomic E-state index is 0.253. The Kier molecular flexibility index (Phi) is 3.90. The van der Waals surface area contributed by atoms with Gasteiger partial charge in [0.25, 0.3) is 0 Å². The second-order valence-electron chi connectivity index (χ2n) is 4.41. The summed E-state index contributed by atoms with van der Waals surface area (Å²) < 4.78 is 2.78. The van der Waals surface area contributed by atoms with Crippen molar-refractivity contribution < 1.29 is 0 Å². The van der Waals surface area contributed by atoms with Crippen LogP contribution in [-0.2, 0) is 5.88 Å². The van der Waals surface area contributed by atoms with Gasteiger partial charge in [0.05, 0.1) is 39.3 Å². The molecule has 21 heavy (non-hydrogen) atoms. The molecule has 0 saturated heterocycles. The molecule has 1 heterocycles. The van der Waals surface area contributed by atoms with E-state index in [-0.39, 0.29) is 5.88 Å². The fourth-order valence-corrected chi connectivity index (χ4v) is 3.15. The van der Waals surface area contributed by atoms with Crippen LogP contribution in [-0.4, -0.2) is 9.55 Å². The summed E-state index contributed by atoms with van der Waals surface area (Å²) in [6, 6.07) is 13.1. The molecule has 6 heteroatoms. The fourth-order valence-electron chi connectivity index (χ4n) is 2.22. The number of alkyl halides is 1. The molecule has 3 rings (SSSR count). The maximum atomic E-state index is 9.08. The van der Waals surface area contributed by atoms with Crippen molar-refractivity contribution in [2.45, 2.75) is 5.88 Å². The molecule has 0 saturated carbocycles. The number of rotatable bonds is 2. The zero-order chi connectivity index (χ0) is 15.0. The fraction of sp³-hybridized carbons (Fsp3) is 0.0667. The molecule has 0 aliphatic carbocycles. The minimum Gasteiger partial charge on any atom is -0.294 e. The molecule has 0 N–H and O–H groups in total. The highest BCUT2D eigenvalue weighted by atomic mass is 79.9. The van der Waals surface area contributed by atoms with Gasteiger partial charge in [-0.3, -0.25) is 4.57 Å². The SMILES string of the molecule is N#Cc1ccc2nc(CCl)n(-c3ccc(Br)cc3Cl)c2c1. The molecule has 0 aliphatic heterocycles. The van der Waals surface area contributed by atoms with E-state index in [2.05, 4.69) is 27.0 Å². The van der Waals surface area contributed by atoms with Gasteiger partial charge < -0.3 is 0 Å². The number of halogens is 3. The molecule has 0 bridgehead atoms. The first-order chi connectivity index (χ1) is 10.1. The summed E-state index contributed by atoms with van der Waals surface area (Å²) >= 11 is 15.7. The number of nitrogens with zero attached hydrogens (tertiary/aromatic N) is 3. The first kappa shape index (κ1) is 14.4. The summed E-state index contributed by atoms with van der Waals surface area (Å²) in [7, 11) is 0. The van der Waals surface area contributed by atoms with Crippen LogP contribution in [0.5, 0.6) is 0 Å². The Morgan fingerprint density at radius 1 is 1.24 bits per heavy atom. The van der Waals surface area contributed by atoms with Crippen molar-refractivity contribution in [1.29, 1.82) is 5.26 Å². The maximum Gasteiger partial charge on any atom is 0.129 e. The van der Waals surface area contributed by atoms with E-state index in [9.17, 15) is 0 Å². The van der Waals surface area contributed by atoms with E-state index in [4.69, 9.17) is 28.5 Å². The highest BCUT2D eigenvalue weighted by Crippen LogP contribution is 2.30. The molecule has 0 atom stereocenters. The molecular weight excluding hydrogens is 373 g/mol. The van der Waals surface area contributed by atoms with Gasteiger partial charge in [-0.1, -0.05) is 27.5 Å². The first-order valence-electron chi connectivity index (χ1n) is 6.07. The van der Waals surface area contributed by atoms with Crippen LogP contribution in [0.25, 0.3) is 16.7 Å². The predicted octanol–water partition coefficient (Wildman–Crippen LogP) is 5.05. The zero-order valence-electron chi connectivity index (χ0n) is 10.6. The summed E-state index contributed by atoms with van der Waals surface area (Å²) in [6.07, 6.45) is 0. The molecule has 0 amide bonds. The van der Waals surface area contributed by atoms with Gasteiger partial charge in [0.1, 0.15) is 5.82 Å². The molecule has 0 fully saturated rings. The highest BCUT2D eigenvalue weighted by Gasteiger charge is 2.14. The third kappa shape index (κ3) is 2.53. The molecule has 0 radical (unpaired) electrons. The Labute approximate surface area is 139 Å². The zero-order valence-corrected chi connectivity index (χ0v) is 13.7. The van der Waals surface area contributed by atoms with Crippen molar-refractivity contribution in [3.05, 3.63) is 57.3 Å². The molecule has 1 aromatic heterocycles. The third-order valence-electron chi connectivity index (χ3n) is 3.12. The van der Waals surface area contributed by atoms with Gasteiger partial charge in [0.2, 0.25) is 0 Å². The number of aromatic nitrogens is 2. The van der Waals surface area contributed by atoms with Crippen LogP contribution < -0.4 is 0 Å². The highest BCUT2D eigenvalue weighted by molar-refractivity contribution is 9.10. The van der Waals surface area contributed by atoms with Crippen molar-refractivity contribution in [2.75, 3.05) is 0 Å². The van der Waals surface area contributed by atoms with E-state index in [1.165, 1.54) is 0 Å².